The van der Waals surface area contributed by atoms with Gasteiger partial charge in [0.15, 0.2) is 11.4 Å². The van der Waals surface area contributed by atoms with Crippen LogP contribution in [0.2, 0.25) is 10.0 Å². The third kappa shape index (κ3) is 25.7. The molecule has 2 unspecified atom stereocenters. The molecule has 4 fully saturated rings. The molecule has 8 bridgehead atoms. The summed E-state index contributed by atoms with van der Waals surface area (Å²) in [4.78, 5) is 117. The number of likely N-dealkylation sites (N-methyl/N-ethyl adjacent to an activating group) is 2. The van der Waals surface area contributed by atoms with Gasteiger partial charge in [-0.1, -0.05) is 132 Å². The summed E-state index contributed by atoms with van der Waals surface area (Å²) in [6, 6.07) is 17.0. The zero-order valence-corrected chi connectivity index (χ0v) is 75.1. The quantitative estimate of drug-likeness (QED) is 0.0184. The van der Waals surface area contributed by atoms with Crippen LogP contribution in [0.25, 0.3) is 0 Å². The minimum Gasteiger partial charge on any atom is -0.495 e. The van der Waals surface area contributed by atoms with Crippen molar-refractivity contribution < 1.29 is 101 Å². The first-order valence-corrected chi connectivity index (χ1v) is 44.3. The Hall–Kier alpha value is -7.64. The molecule has 5 amide bonds. The van der Waals surface area contributed by atoms with Gasteiger partial charge in [-0.25, -0.2) is 24.4 Å². The highest BCUT2D eigenvalue weighted by molar-refractivity contribution is 8.77. The molecule has 0 spiro atoms. The van der Waals surface area contributed by atoms with Gasteiger partial charge in [0.1, 0.15) is 91.5 Å². The summed E-state index contributed by atoms with van der Waals surface area (Å²) in [5, 5.41) is 42.6. The Morgan fingerprint density at radius 2 is 1.07 bits per heavy atom. The number of aliphatic carboxylic acids is 1. The monoisotopic (exact) mass is 1770 g/mol. The SMILES string of the molecule is CC(CCC(=O)O)SSc1ccccn1.CN[C@@H](C)C(=O)O[C@H]1CC(=O)N(C)c2cc(cc(OC)c2Cl)C/C(C)=C/C=C/[C@@H](OC)[C@@]2(O)C[C@H](OC(=O)N2)[C@@H](C)[C@@H]2O[C@@]12C.COc1cc2cc(c1Cl)N(C)C(=O)C[C@H](OC(=O)[C@H](C)N(C)C(=O)CCC(C)SSc1ccccn1)[C@]1(C)O[C@H]1[C@H](C)[C@@H]1C[C@@](O)(NC(=O)O1)[C@H](OC)/C=C/C=C(\C)C2. The molecule has 0 saturated carbocycles. The first-order chi connectivity index (χ1) is 56.2. The Kier molecular flexibility index (Phi) is 35.3. The number of carbonyl (C=O) groups is 8. The molecule has 0 radical (unpaired) electrons. The number of benzene rings is 2. The number of hydrogen-bond donors (Lipinski definition) is 6. The lowest BCUT2D eigenvalue weighted by Gasteiger charge is -2.42. The predicted octanol–water partition coefficient (Wildman–Crippen LogP) is 12.9. The molecule has 4 saturated heterocycles. The third-order valence-corrected chi connectivity index (χ3v) is 28.4. The number of aromatic nitrogens is 2. The highest BCUT2D eigenvalue weighted by Crippen LogP contribution is 2.52. The highest BCUT2D eigenvalue weighted by Gasteiger charge is 2.66. The number of aliphatic hydroxyl groups is 2. The molecule has 0 aliphatic carbocycles. The molecule has 35 heteroatoms. The number of esters is 2. The Bertz CT molecular complexity index is 4350. The number of alkyl carbamates (subject to hydrolysis) is 2. The molecule has 119 heavy (non-hydrogen) atoms. The number of nitrogens with one attached hydrogen (secondary N) is 3. The Morgan fingerprint density at radius 3 is 1.45 bits per heavy atom. The van der Waals surface area contributed by atoms with Crippen molar-refractivity contribution in [3.05, 3.63) is 142 Å². The molecule has 18 atom stereocenters. The van der Waals surface area contributed by atoms with Crippen LogP contribution in [0.5, 0.6) is 11.5 Å². The van der Waals surface area contributed by atoms with Crippen LogP contribution in [0, 0.1) is 11.8 Å². The summed E-state index contributed by atoms with van der Waals surface area (Å²) >= 11 is 13.5. The number of epoxide rings is 2. The number of nitrogens with zero attached hydrogens (tertiary/aromatic N) is 5. The number of ether oxygens (including phenoxy) is 10. The molecule has 6 N–H and O–H groups in total. The van der Waals surface area contributed by atoms with E-state index >= 15 is 0 Å². The molecule has 2 aromatic heterocycles. The fourth-order valence-electron chi connectivity index (χ4n) is 14.2. The van der Waals surface area contributed by atoms with Crippen molar-refractivity contribution in [1.29, 1.82) is 0 Å². The van der Waals surface area contributed by atoms with Gasteiger partial charge in [-0.3, -0.25) is 34.6 Å². The lowest BCUT2D eigenvalue weighted by molar-refractivity contribution is -0.162. The number of halogens is 2. The van der Waals surface area contributed by atoms with Gasteiger partial charge in [-0.15, -0.1) is 0 Å². The van der Waals surface area contributed by atoms with Crippen molar-refractivity contribution in [2.75, 3.05) is 66.4 Å². The van der Waals surface area contributed by atoms with Crippen molar-refractivity contribution >= 4 is 126 Å². The first-order valence-electron chi connectivity index (χ1n) is 39.1. The largest absolute Gasteiger partial charge is 0.495 e. The number of carbonyl (C=O) groups excluding carboxylic acids is 7. The second-order valence-electron chi connectivity index (χ2n) is 30.9. The predicted molar refractivity (Wildman–Crippen MR) is 459 cm³/mol. The summed E-state index contributed by atoms with van der Waals surface area (Å²) in [6.07, 6.45) is 7.61. The number of carboxylic acids is 1. The van der Waals surface area contributed by atoms with E-state index in [4.69, 9.17) is 75.7 Å². The highest BCUT2D eigenvalue weighted by atomic mass is 35.5. The van der Waals surface area contributed by atoms with Crippen LogP contribution in [0.3, 0.4) is 0 Å². The number of allylic oxidation sites excluding steroid dienone is 6. The molecular weight excluding hydrogens is 1660 g/mol. The summed E-state index contributed by atoms with van der Waals surface area (Å²) in [5.41, 5.74) is -1.59. The van der Waals surface area contributed by atoms with Gasteiger partial charge >= 0.3 is 30.1 Å². The number of fused-ring (bicyclic) bond motifs is 10. The van der Waals surface area contributed by atoms with Crippen LogP contribution in [0.1, 0.15) is 132 Å². The maximum atomic E-state index is 14.2. The van der Waals surface area contributed by atoms with E-state index in [2.05, 4.69) is 25.9 Å². The number of amides is 5. The molecule has 8 heterocycles. The smallest absolute Gasteiger partial charge is 0.409 e. The van der Waals surface area contributed by atoms with Gasteiger partial charge in [0.25, 0.3) is 0 Å². The first kappa shape index (κ1) is 96.8. The average molecular weight is 1770 g/mol. The molecule has 6 aliphatic heterocycles. The van der Waals surface area contributed by atoms with Crippen molar-refractivity contribution in [2.45, 2.75) is 238 Å². The topological polar surface area (TPSA) is 368 Å². The zero-order valence-electron chi connectivity index (χ0n) is 70.4. The third-order valence-electron chi connectivity index (χ3n) is 21.9. The van der Waals surface area contributed by atoms with Gasteiger partial charge in [-0.2, -0.15) is 0 Å². The normalized spacial score (nSPS) is 29.4. The van der Waals surface area contributed by atoms with E-state index in [-0.39, 0.29) is 65.6 Å². The van der Waals surface area contributed by atoms with Crippen LogP contribution >= 0.6 is 66.4 Å². The van der Waals surface area contributed by atoms with Gasteiger partial charge in [0.05, 0.1) is 50.6 Å². The second-order valence-corrected chi connectivity index (χ2v) is 37.0. The van der Waals surface area contributed by atoms with Gasteiger partial charge in [-0.05, 0) is 156 Å². The molecule has 652 valence electrons. The number of hydrogen-bond acceptors (Lipinski definition) is 27. The van der Waals surface area contributed by atoms with E-state index in [0.717, 1.165) is 32.3 Å². The van der Waals surface area contributed by atoms with E-state index in [1.807, 2.05) is 89.2 Å². The van der Waals surface area contributed by atoms with E-state index in [1.54, 1.807) is 161 Å². The molecule has 2 aromatic carbocycles. The average Bonchev–Trinajstić information content (AvgIpc) is 1.58. The van der Waals surface area contributed by atoms with E-state index in [1.165, 1.54) is 43.1 Å². The summed E-state index contributed by atoms with van der Waals surface area (Å²) in [7, 11) is 18.7. The van der Waals surface area contributed by atoms with Crippen molar-refractivity contribution in [2.24, 2.45) is 11.8 Å². The second kappa shape index (κ2) is 43.4. The minimum absolute atomic E-state index is 0.00553. The molecular formula is C84H112Cl2N8O21S4. The zero-order chi connectivity index (χ0) is 87.6. The maximum absolute atomic E-state index is 14.2. The van der Waals surface area contributed by atoms with E-state index < -0.39 is 131 Å². The molecule has 6 aliphatic rings. The number of carboxylic acid groups (broad SMARTS) is 1. The minimum atomic E-state index is -1.83. The number of anilines is 2. The standard InChI is InChI=1S/C42H55ClN4O10S2.C32H44ClN3O9.C10H13NO2S2/c1-24-13-12-14-32(54-9)42(52)23-31(55-40(51)45-42)26(3)38-41(5,57-38)33(22-36(49)47(7)29-20-28(19-24)21-30(53-8)37(29)43)56-39(50)27(4)46(6)35(48)17-16-25(2)58-59-34-15-10-11-18-44-34;1-17-10-9-11-24(42-8)32(40)16-23(43-30(39)35-32)18(2)28-31(4,45-28)25(44-29(38)19(3)34-5)15-26(37)36(6)21-13-20(12-17)14-22(41-7)27(21)33;1-8(5-6-10(12)13)14-15-9-4-2-3-7-11-9/h10-15,18,20-21,25-27,31-33,38,52H,16-17,19,22-23H2,1-9H3,(H,45,51);9-11,13-14,18-19,23-25,28,34,40H,12,15-16H2,1-8H3,(H,35,39);2-4,7-8H,5-6H2,1H3,(H,12,13)/b14-12+,24-13+;11-9+,17-10+;/t25?,26-,27+,31+,32-,33+,38+,41+,42+;18-,19+,23+,24-,25+,28+,31+,32+;/m11./s1. The number of pyridine rings is 2. The Balaban J connectivity index is 0.000000258. The van der Waals surface area contributed by atoms with Crippen LogP contribution in [0.4, 0.5) is 21.0 Å². The lowest BCUT2D eigenvalue weighted by Crippen LogP contribution is -2.63. The van der Waals surface area contributed by atoms with Gasteiger partial charge in [0, 0.05) is 95.8 Å². The van der Waals surface area contributed by atoms with Gasteiger partial charge in [0.2, 0.25) is 17.7 Å². The summed E-state index contributed by atoms with van der Waals surface area (Å²) < 4.78 is 58.2. The Morgan fingerprint density at radius 1 is 0.655 bits per heavy atom. The Labute approximate surface area is 722 Å². The molecule has 4 aromatic rings. The fourth-order valence-corrected chi connectivity index (χ4v) is 19.0. The van der Waals surface area contributed by atoms with Crippen molar-refractivity contribution in [3.63, 3.8) is 0 Å². The molecule has 29 nitrogen and oxygen atoms in total. The lowest BCUT2D eigenvalue weighted by atomic mass is 9.83. The van der Waals surface area contributed by atoms with Crippen molar-refractivity contribution in [1.82, 2.24) is 30.8 Å². The summed E-state index contributed by atoms with van der Waals surface area (Å²) in [5.74, 6) is -3.27. The molecule has 10 rings (SSSR count). The van der Waals surface area contributed by atoms with Crippen LogP contribution in [0.15, 0.2) is 131 Å². The maximum Gasteiger partial charge on any atom is 0.409 e. The van der Waals surface area contributed by atoms with Crippen molar-refractivity contribution in [3.8, 4) is 11.5 Å². The van der Waals surface area contributed by atoms with Gasteiger partial charge < -0.3 is 82.7 Å². The van der Waals surface area contributed by atoms with Crippen LogP contribution in [-0.4, -0.2) is 229 Å². The van der Waals surface area contributed by atoms with E-state index in [9.17, 15) is 48.6 Å². The fraction of sp³-hybridized carbons (Fsp3) is 0.548. The number of methoxy groups -OCH3 is 4. The summed E-state index contributed by atoms with van der Waals surface area (Å²) in [6.45, 7) is 18.3. The van der Waals surface area contributed by atoms with E-state index in [0.29, 0.717) is 53.8 Å². The number of rotatable bonds is 22. The van der Waals surface area contributed by atoms with Crippen LogP contribution in [-0.2, 0) is 79.5 Å². The van der Waals surface area contributed by atoms with Crippen LogP contribution < -0.4 is 35.2 Å².